The Hall–Kier alpha value is -1.12. The van der Waals surface area contributed by atoms with E-state index < -0.39 is 0 Å². The van der Waals surface area contributed by atoms with Gasteiger partial charge in [0.2, 0.25) is 0 Å². The molecule has 1 atom stereocenters. The first-order valence-electron chi connectivity index (χ1n) is 6.22. The molecule has 18 heavy (non-hydrogen) atoms. The van der Waals surface area contributed by atoms with Gasteiger partial charge in [-0.3, -0.25) is 0 Å². The largest absolute Gasteiger partial charge is 0.330 e. The summed E-state index contributed by atoms with van der Waals surface area (Å²) in [5.41, 5.74) is 9.70. The van der Waals surface area contributed by atoms with Gasteiger partial charge in [0.15, 0.2) is 0 Å². The molecule has 0 amide bonds. The quantitative estimate of drug-likeness (QED) is 0.904. The first-order chi connectivity index (χ1) is 8.69. The van der Waals surface area contributed by atoms with Gasteiger partial charge in [0.25, 0.3) is 0 Å². The van der Waals surface area contributed by atoms with Crippen molar-refractivity contribution in [3.63, 3.8) is 0 Å². The average Bonchev–Trinajstić information content (AvgIpc) is 2.38. The molecule has 1 nitrogen and oxygen atoms in total. The SMILES string of the molecule is CC(CN)c1cccc(Cc2cccc(Br)c2)c1. The van der Waals surface area contributed by atoms with Crippen molar-refractivity contribution in [1.29, 1.82) is 0 Å². The molecule has 2 aromatic rings. The van der Waals surface area contributed by atoms with Gasteiger partial charge in [-0.05, 0) is 47.7 Å². The minimum Gasteiger partial charge on any atom is -0.330 e. The van der Waals surface area contributed by atoms with Crippen molar-refractivity contribution in [2.24, 2.45) is 5.73 Å². The molecule has 2 rings (SSSR count). The van der Waals surface area contributed by atoms with Crippen molar-refractivity contribution >= 4 is 15.9 Å². The van der Waals surface area contributed by atoms with E-state index in [1.807, 2.05) is 0 Å². The number of rotatable bonds is 4. The fourth-order valence-corrected chi connectivity index (χ4v) is 2.47. The van der Waals surface area contributed by atoms with Gasteiger partial charge in [-0.2, -0.15) is 0 Å². The molecular weight excluding hydrogens is 286 g/mol. The third-order valence-corrected chi connectivity index (χ3v) is 3.66. The molecule has 0 radical (unpaired) electrons. The maximum Gasteiger partial charge on any atom is 0.0178 e. The Bertz CT molecular complexity index is 522. The van der Waals surface area contributed by atoms with E-state index in [2.05, 4.69) is 71.4 Å². The minimum atomic E-state index is 0.424. The van der Waals surface area contributed by atoms with Crippen LogP contribution in [0.3, 0.4) is 0 Å². The van der Waals surface area contributed by atoms with E-state index in [0.29, 0.717) is 12.5 Å². The van der Waals surface area contributed by atoms with E-state index in [9.17, 15) is 0 Å². The first kappa shape index (κ1) is 13.3. The van der Waals surface area contributed by atoms with Crippen LogP contribution in [0.5, 0.6) is 0 Å². The molecule has 0 fully saturated rings. The van der Waals surface area contributed by atoms with Crippen molar-refractivity contribution in [3.8, 4) is 0 Å². The van der Waals surface area contributed by atoms with Crippen LogP contribution in [0.4, 0.5) is 0 Å². The highest BCUT2D eigenvalue weighted by Crippen LogP contribution is 2.19. The third-order valence-electron chi connectivity index (χ3n) is 3.17. The summed E-state index contributed by atoms with van der Waals surface area (Å²) in [6.45, 7) is 2.86. The Morgan fingerprint density at radius 3 is 2.39 bits per heavy atom. The smallest absolute Gasteiger partial charge is 0.0178 e. The normalized spacial score (nSPS) is 12.4. The molecule has 0 spiro atoms. The molecule has 94 valence electrons. The first-order valence-corrected chi connectivity index (χ1v) is 7.01. The summed E-state index contributed by atoms with van der Waals surface area (Å²) >= 11 is 3.51. The van der Waals surface area contributed by atoms with E-state index >= 15 is 0 Å². The van der Waals surface area contributed by atoms with Crippen LogP contribution in [0, 0.1) is 0 Å². The van der Waals surface area contributed by atoms with Crippen molar-refractivity contribution in [3.05, 3.63) is 69.7 Å². The minimum absolute atomic E-state index is 0.424. The molecule has 0 bridgehead atoms. The second-order valence-corrected chi connectivity index (χ2v) is 5.60. The summed E-state index contributed by atoms with van der Waals surface area (Å²) < 4.78 is 1.13. The molecule has 2 heteroatoms. The summed E-state index contributed by atoms with van der Waals surface area (Å²) in [5, 5.41) is 0. The monoisotopic (exact) mass is 303 g/mol. The zero-order chi connectivity index (χ0) is 13.0. The molecule has 0 aromatic heterocycles. The lowest BCUT2D eigenvalue weighted by Gasteiger charge is -2.11. The molecule has 1 unspecified atom stereocenters. The highest BCUT2D eigenvalue weighted by molar-refractivity contribution is 9.10. The highest BCUT2D eigenvalue weighted by atomic mass is 79.9. The predicted molar refractivity (Wildman–Crippen MR) is 80.9 cm³/mol. The number of hydrogen-bond acceptors (Lipinski definition) is 1. The van der Waals surface area contributed by atoms with Gasteiger partial charge in [-0.25, -0.2) is 0 Å². The number of hydrogen-bond donors (Lipinski definition) is 1. The molecule has 0 saturated carbocycles. The Labute approximate surface area is 117 Å². The van der Waals surface area contributed by atoms with Crippen LogP contribution in [0.2, 0.25) is 0 Å². The Kier molecular flexibility index (Phi) is 4.56. The van der Waals surface area contributed by atoms with Crippen molar-refractivity contribution in [2.45, 2.75) is 19.3 Å². The van der Waals surface area contributed by atoms with E-state index in [4.69, 9.17) is 5.73 Å². The number of halogens is 1. The van der Waals surface area contributed by atoms with E-state index in [1.165, 1.54) is 16.7 Å². The summed E-state index contributed by atoms with van der Waals surface area (Å²) in [4.78, 5) is 0. The molecule has 2 aromatic carbocycles. The third kappa shape index (κ3) is 3.44. The average molecular weight is 304 g/mol. The van der Waals surface area contributed by atoms with Crippen molar-refractivity contribution < 1.29 is 0 Å². The Balaban J connectivity index is 2.19. The van der Waals surface area contributed by atoms with Crippen LogP contribution in [-0.2, 0) is 6.42 Å². The Morgan fingerprint density at radius 2 is 1.72 bits per heavy atom. The predicted octanol–water partition coefficient (Wildman–Crippen LogP) is 4.10. The lowest BCUT2D eigenvalue weighted by Crippen LogP contribution is -2.09. The van der Waals surface area contributed by atoms with Gasteiger partial charge in [-0.1, -0.05) is 59.3 Å². The summed E-state index contributed by atoms with van der Waals surface area (Å²) in [7, 11) is 0. The number of benzene rings is 2. The van der Waals surface area contributed by atoms with Crippen molar-refractivity contribution in [1.82, 2.24) is 0 Å². The van der Waals surface area contributed by atoms with Crippen LogP contribution in [0.25, 0.3) is 0 Å². The van der Waals surface area contributed by atoms with Crippen LogP contribution in [0.15, 0.2) is 53.0 Å². The van der Waals surface area contributed by atoms with Gasteiger partial charge in [-0.15, -0.1) is 0 Å². The molecular formula is C16H18BrN. The van der Waals surface area contributed by atoms with Gasteiger partial charge >= 0.3 is 0 Å². The summed E-state index contributed by atoms with van der Waals surface area (Å²) in [5.74, 6) is 0.424. The fourth-order valence-electron chi connectivity index (χ4n) is 2.03. The zero-order valence-corrected chi connectivity index (χ0v) is 12.2. The maximum atomic E-state index is 5.72. The summed E-state index contributed by atoms with van der Waals surface area (Å²) in [6, 6.07) is 17.2. The molecule has 0 aliphatic rings. The van der Waals surface area contributed by atoms with Crippen LogP contribution >= 0.6 is 15.9 Å². The molecule has 0 heterocycles. The van der Waals surface area contributed by atoms with Crippen LogP contribution in [0.1, 0.15) is 29.5 Å². The van der Waals surface area contributed by atoms with Gasteiger partial charge in [0, 0.05) is 4.47 Å². The maximum absolute atomic E-state index is 5.72. The van der Waals surface area contributed by atoms with Crippen molar-refractivity contribution in [2.75, 3.05) is 6.54 Å². The molecule has 0 aliphatic heterocycles. The topological polar surface area (TPSA) is 26.0 Å². The van der Waals surface area contributed by atoms with E-state index in [-0.39, 0.29) is 0 Å². The van der Waals surface area contributed by atoms with E-state index in [0.717, 1.165) is 10.9 Å². The molecule has 0 saturated heterocycles. The Morgan fingerprint density at radius 1 is 1.06 bits per heavy atom. The molecule has 0 aliphatic carbocycles. The van der Waals surface area contributed by atoms with Gasteiger partial charge in [0.05, 0.1) is 0 Å². The lowest BCUT2D eigenvalue weighted by molar-refractivity contribution is 0.772. The fraction of sp³-hybridized carbons (Fsp3) is 0.250. The van der Waals surface area contributed by atoms with E-state index in [1.54, 1.807) is 0 Å². The molecule has 2 N–H and O–H groups in total. The number of nitrogens with two attached hydrogens (primary N) is 1. The second kappa shape index (κ2) is 6.17. The van der Waals surface area contributed by atoms with Gasteiger partial charge in [0.1, 0.15) is 0 Å². The highest BCUT2D eigenvalue weighted by Gasteiger charge is 2.04. The summed E-state index contributed by atoms with van der Waals surface area (Å²) in [6.07, 6.45) is 0.963. The zero-order valence-electron chi connectivity index (χ0n) is 10.6. The van der Waals surface area contributed by atoms with Gasteiger partial charge < -0.3 is 5.73 Å². The lowest BCUT2D eigenvalue weighted by atomic mass is 9.96. The second-order valence-electron chi connectivity index (χ2n) is 4.69. The standard InChI is InChI=1S/C16H18BrN/c1-12(11-18)15-6-2-4-13(9-15)8-14-5-3-7-16(17)10-14/h2-7,9-10,12H,8,11,18H2,1H3. The van der Waals surface area contributed by atoms with Crippen LogP contribution < -0.4 is 5.73 Å². The van der Waals surface area contributed by atoms with Crippen LogP contribution in [-0.4, -0.2) is 6.54 Å².